The van der Waals surface area contributed by atoms with Gasteiger partial charge in [-0.1, -0.05) is 24.3 Å². The molecule has 1 fully saturated rings. The highest BCUT2D eigenvalue weighted by Crippen LogP contribution is 2.40. The van der Waals surface area contributed by atoms with E-state index in [0.717, 1.165) is 0 Å². The zero-order chi connectivity index (χ0) is 10.8. The van der Waals surface area contributed by atoms with E-state index >= 15 is 0 Å². The van der Waals surface area contributed by atoms with Crippen LogP contribution in [0.4, 0.5) is 0 Å². The average Bonchev–Trinajstić information content (AvgIpc) is 3.00. The van der Waals surface area contributed by atoms with Gasteiger partial charge in [0.2, 0.25) is 0 Å². The summed E-state index contributed by atoms with van der Waals surface area (Å²) in [5, 5.41) is 18.2. The Bertz CT molecular complexity index is 369. The van der Waals surface area contributed by atoms with Gasteiger partial charge in [-0.3, -0.25) is 4.79 Å². The second kappa shape index (κ2) is 4.03. The number of benzene rings is 1. The molecule has 15 heavy (non-hydrogen) atoms. The predicted molar refractivity (Wildman–Crippen MR) is 55.6 cm³/mol. The fourth-order valence-corrected chi connectivity index (χ4v) is 1.72. The molecular weight excluding hydrogens is 192 g/mol. The van der Waals surface area contributed by atoms with Crippen molar-refractivity contribution in [3.05, 3.63) is 35.4 Å². The van der Waals surface area contributed by atoms with Gasteiger partial charge in [0.15, 0.2) is 0 Å². The molecule has 80 valence electrons. The molecular formula is C12H14O3. The smallest absolute Gasteiger partial charge is 0.306 e. The van der Waals surface area contributed by atoms with Crippen molar-refractivity contribution in [1.29, 1.82) is 0 Å². The van der Waals surface area contributed by atoms with Crippen LogP contribution in [0.15, 0.2) is 24.3 Å². The van der Waals surface area contributed by atoms with E-state index in [-0.39, 0.29) is 6.42 Å². The van der Waals surface area contributed by atoms with Crippen LogP contribution in [0.5, 0.6) is 0 Å². The van der Waals surface area contributed by atoms with Crippen molar-refractivity contribution in [2.75, 3.05) is 0 Å². The molecule has 0 radical (unpaired) electrons. The molecule has 1 aliphatic rings. The largest absolute Gasteiger partial charge is 0.481 e. The van der Waals surface area contributed by atoms with Crippen molar-refractivity contribution < 1.29 is 15.0 Å². The maximum absolute atomic E-state index is 10.5. The quantitative estimate of drug-likeness (QED) is 0.792. The van der Waals surface area contributed by atoms with Gasteiger partial charge >= 0.3 is 5.97 Å². The van der Waals surface area contributed by atoms with E-state index in [1.807, 2.05) is 18.2 Å². The summed E-state index contributed by atoms with van der Waals surface area (Å²) in [6.07, 6.45) is 1.30. The van der Waals surface area contributed by atoms with Crippen molar-refractivity contribution in [2.45, 2.75) is 31.3 Å². The zero-order valence-electron chi connectivity index (χ0n) is 8.39. The number of rotatable bonds is 4. The summed E-state index contributed by atoms with van der Waals surface area (Å²) in [5.74, 6) is -0.346. The van der Waals surface area contributed by atoms with Gasteiger partial charge in [-0.25, -0.2) is 0 Å². The number of aliphatic hydroxyl groups is 1. The van der Waals surface area contributed by atoms with Crippen LogP contribution in [-0.2, 0) is 4.79 Å². The number of carbonyl (C=O) groups is 1. The molecule has 0 bridgehead atoms. The van der Waals surface area contributed by atoms with E-state index in [4.69, 9.17) is 5.11 Å². The van der Waals surface area contributed by atoms with E-state index in [2.05, 4.69) is 0 Å². The maximum atomic E-state index is 10.5. The molecule has 1 saturated carbocycles. The molecule has 0 amide bonds. The molecule has 0 aliphatic heterocycles. The summed E-state index contributed by atoms with van der Waals surface area (Å²) in [5.41, 5.74) is 1.93. The number of aliphatic carboxylic acids is 1. The van der Waals surface area contributed by atoms with Crippen LogP contribution in [0.25, 0.3) is 0 Å². The van der Waals surface area contributed by atoms with E-state index in [1.165, 1.54) is 18.4 Å². The van der Waals surface area contributed by atoms with Gasteiger partial charge in [-0.2, -0.15) is 0 Å². The predicted octanol–water partition coefficient (Wildman–Crippen LogP) is 2.07. The number of hydrogen-bond donors (Lipinski definition) is 2. The Morgan fingerprint density at radius 2 is 2.20 bits per heavy atom. The van der Waals surface area contributed by atoms with Gasteiger partial charge < -0.3 is 10.2 Å². The number of carboxylic acids is 1. The fraction of sp³-hybridized carbons (Fsp3) is 0.417. The van der Waals surface area contributed by atoms with Crippen LogP contribution in [0.2, 0.25) is 0 Å². The highest BCUT2D eigenvalue weighted by Gasteiger charge is 2.24. The first-order chi connectivity index (χ1) is 7.16. The van der Waals surface area contributed by atoms with Crippen LogP contribution in [-0.4, -0.2) is 16.2 Å². The molecule has 0 heterocycles. The van der Waals surface area contributed by atoms with Gasteiger partial charge in [0.25, 0.3) is 0 Å². The lowest BCUT2D eigenvalue weighted by atomic mass is 10.0. The zero-order valence-corrected chi connectivity index (χ0v) is 8.39. The molecule has 3 nitrogen and oxygen atoms in total. The molecule has 2 N–H and O–H groups in total. The molecule has 3 heteroatoms. The summed E-state index contributed by atoms with van der Waals surface area (Å²) in [6.45, 7) is 0. The molecule has 1 aliphatic carbocycles. The third-order valence-corrected chi connectivity index (χ3v) is 2.71. The SMILES string of the molecule is O=C(O)CC(O)c1cccc(C2CC2)c1. The Morgan fingerprint density at radius 3 is 2.80 bits per heavy atom. The van der Waals surface area contributed by atoms with E-state index < -0.39 is 12.1 Å². The standard InChI is InChI=1S/C12H14O3/c13-11(7-12(14)15)10-3-1-2-9(6-10)8-4-5-8/h1-3,6,8,11,13H,4-5,7H2,(H,14,15). The molecule has 1 aromatic rings. The second-order valence-electron chi connectivity index (χ2n) is 4.06. The van der Waals surface area contributed by atoms with Crippen molar-refractivity contribution in [2.24, 2.45) is 0 Å². The lowest BCUT2D eigenvalue weighted by Crippen LogP contribution is -2.05. The lowest BCUT2D eigenvalue weighted by molar-refractivity contribution is -0.139. The van der Waals surface area contributed by atoms with Crippen molar-refractivity contribution in [3.8, 4) is 0 Å². The van der Waals surface area contributed by atoms with Gasteiger partial charge in [0.05, 0.1) is 12.5 Å². The third-order valence-electron chi connectivity index (χ3n) is 2.71. The first-order valence-corrected chi connectivity index (χ1v) is 5.16. The Labute approximate surface area is 88.4 Å². The van der Waals surface area contributed by atoms with Crippen molar-refractivity contribution in [1.82, 2.24) is 0 Å². The molecule has 0 saturated heterocycles. The fourth-order valence-electron chi connectivity index (χ4n) is 1.72. The summed E-state index contributed by atoms with van der Waals surface area (Å²) in [4.78, 5) is 10.5. The van der Waals surface area contributed by atoms with E-state index in [0.29, 0.717) is 11.5 Å². The minimum atomic E-state index is -0.973. The summed E-state index contributed by atoms with van der Waals surface area (Å²) in [6, 6.07) is 7.62. The monoisotopic (exact) mass is 206 g/mol. The molecule has 0 aromatic heterocycles. The average molecular weight is 206 g/mol. The minimum absolute atomic E-state index is 0.228. The Balaban J connectivity index is 2.12. The molecule has 1 unspecified atom stereocenters. The van der Waals surface area contributed by atoms with Crippen LogP contribution >= 0.6 is 0 Å². The number of carboxylic acid groups (broad SMARTS) is 1. The molecule has 1 atom stereocenters. The van der Waals surface area contributed by atoms with Gasteiger partial charge in [-0.15, -0.1) is 0 Å². The van der Waals surface area contributed by atoms with Crippen LogP contribution < -0.4 is 0 Å². The highest BCUT2D eigenvalue weighted by molar-refractivity contribution is 5.67. The first-order valence-electron chi connectivity index (χ1n) is 5.16. The Hall–Kier alpha value is -1.35. The maximum Gasteiger partial charge on any atom is 0.306 e. The van der Waals surface area contributed by atoms with Crippen molar-refractivity contribution >= 4 is 5.97 Å². The number of hydrogen-bond acceptors (Lipinski definition) is 2. The van der Waals surface area contributed by atoms with E-state index in [1.54, 1.807) is 6.07 Å². The molecule has 2 rings (SSSR count). The topological polar surface area (TPSA) is 57.5 Å². The number of aliphatic hydroxyl groups excluding tert-OH is 1. The molecule has 1 aromatic carbocycles. The second-order valence-corrected chi connectivity index (χ2v) is 4.06. The van der Waals surface area contributed by atoms with Crippen LogP contribution in [0.1, 0.15) is 42.4 Å². The normalized spacial score (nSPS) is 17.4. The van der Waals surface area contributed by atoms with Gasteiger partial charge in [-0.05, 0) is 29.9 Å². The minimum Gasteiger partial charge on any atom is -0.481 e. The molecule has 0 spiro atoms. The Morgan fingerprint density at radius 1 is 1.47 bits per heavy atom. The summed E-state index contributed by atoms with van der Waals surface area (Å²) < 4.78 is 0. The summed E-state index contributed by atoms with van der Waals surface area (Å²) in [7, 11) is 0. The lowest BCUT2D eigenvalue weighted by Gasteiger charge is -2.09. The highest BCUT2D eigenvalue weighted by atomic mass is 16.4. The Kier molecular flexibility index (Phi) is 2.73. The first kappa shape index (κ1) is 10.2. The van der Waals surface area contributed by atoms with Crippen LogP contribution in [0.3, 0.4) is 0 Å². The third kappa shape index (κ3) is 2.57. The summed E-state index contributed by atoms with van der Waals surface area (Å²) >= 11 is 0. The van der Waals surface area contributed by atoms with Gasteiger partial charge in [0.1, 0.15) is 0 Å². The van der Waals surface area contributed by atoms with Crippen LogP contribution in [0, 0.1) is 0 Å². The van der Waals surface area contributed by atoms with E-state index in [9.17, 15) is 9.90 Å². The van der Waals surface area contributed by atoms with Gasteiger partial charge in [0, 0.05) is 0 Å². The van der Waals surface area contributed by atoms with Crippen molar-refractivity contribution in [3.63, 3.8) is 0 Å².